The first-order chi connectivity index (χ1) is 11.3. The lowest BCUT2D eigenvalue weighted by Gasteiger charge is -2.15. The van der Waals surface area contributed by atoms with Gasteiger partial charge >= 0.3 is 17.8 Å². The topological polar surface area (TPSA) is 86.8 Å². The Balaban J connectivity index is 2.05. The number of anilines is 1. The zero-order chi connectivity index (χ0) is 17.9. The number of unbranched alkanes of at least 4 members (excludes halogenated alkanes) is 1. The summed E-state index contributed by atoms with van der Waals surface area (Å²) in [5, 5.41) is 2.43. The summed E-state index contributed by atoms with van der Waals surface area (Å²) in [5.41, 5.74) is -0.180. The van der Waals surface area contributed by atoms with E-state index in [4.69, 9.17) is 11.6 Å². The van der Waals surface area contributed by atoms with Gasteiger partial charge in [-0.1, -0.05) is 24.9 Å². The van der Waals surface area contributed by atoms with Crippen LogP contribution in [0.25, 0.3) is 0 Å². The average molecular weight is 356 g/mol. The first kappa shape index (κ1) is 17.9. The number of benzene rings is 1. The molecule has 0 spiro atoms. The van der Waals surface area contributed by atoms with Gasteiger partial charge in [-0.3, -0.25) is 19.3 Å². The Hall–Kier alpha value is -2.48. The Morgan fingerprint density at radius 3 is 2.54 bits per heavy atom. The Kier molecular flexibility index (Phi) is 5.50. The summed E-state index contributed by atoms with van der Waals surface area (Å²) in [6, 6.07) is 2.73. The number of hydrogen-bond donors (Lipinski definition) is 1. The van der Waals surface area contributed by atoms with E-state index in [1.165, 1.54) is 12.1 Å². The molecule has 1 heterocycles. The summed E-state index contributed by atoms with van der Waals surface area (Å²) in [7, 11) is 0. The second kappa shape index (κ2) is 7.39. The molecule has 0 aromatic heterocycles. The molecular formula is C15H15ClFN3O4. The van der Waals surface area contributed by atoms with Crippen molar-refractivity contribution in [2.45, 2.75) is 19.8 Å². The molecule has 1 aromatic rings. The van der Waals surface area contributed by atoms with Crippen molar-refractivity contribution in [2.75, 3.05) is 18.4 Å². The van der Waals surface area contributed by atoms with Crippen molar-refractivity contribution >= 4 is 41.0 Å². The number of carbonyl (C=O) groups excluding carboxylic acids is 4. The predicted octanol–water partition coefficient (Wildman–Crippen LogP) is 2.01. The summed E-state index contributed by atoms with van der Waals surface area (Å²) in [5.74, 6) is -3.57. The highest BCUT2D eigenvalue weighted by atomic mass is 35.5. The highest BCUT2D eigenvalue weighted by Crippen LogP contribution is 2.20. The van der Waals surface area contributed by atoms with E-state index in [1.54, 1.807) is 0 Å². The molecule has 24 heavy (non-hydrogen) atoms. The molecule has 5 amide bonds. The van der Waals surface area contributed by atoms with E-state index in [2.05, 4.69) is 5.32 Å². The molecule has 2 rings (SSSR count). The number of imide groups is 2. The van der Waals surface area contributed by atoms with Crippen LogP contribution in [0.5, 0.6) is 0 Å². The van der Waals surface area contributed by atoms with Crippen LogP contribution >= 0.6 is 11.6 Å². The third-order valence-corrected chi connectivity index (χ3v) is 3.61. The summed E-state index contributed by atoms with van der Waals surface area (Å²) in [6.45, 7) is 1.30. The molecule has 1 aromatic carbocycles. The largest absolute Gasteiger partial charge is 0.334 e. The fourth-order valence-corrected chi connectivity index (χ4v) is 2.30. The molecule has 0 aliphatic carbocycles. The van der Waals surface area contributed by atoms with Crippen LogP contribution in [-0.4, -0.2) is 46.6 Å². The third-order valence-electron chi connectivity index (χ3n) is 3.37. The highest BCUT2D eigenvalue weighted by molar-refractivity contribution is 6.45. The van der Waals surface area contributed by atoms with Crippen LogP contribution in [-0.2, 0) is 14.4 Å². The Morgan fingerprint density at radius 2 is 1.88 bits per heavy atom. The molecule has 0 atom stereocenters. The second-order valence-corrected chi connectivity index (χ2v) is 5.59. The van der Waals surface area contributed by atoms with E-state index in [1.807, 2.05) is 6.92 Å². The van der Waals surface area contributed by atoms with Gasteiger partial charge in [0.05, 0.1) is 5.69 Å². The molecule has 0 unspecified atom stereocenters. The van der Waals surface area contributed by atoms with Crippen molar-refractivity contribution in [1.29, 1.82) is 0 Å². The number of amides is 5. The van der Waals surface area contributed by atoms with Crippen molar-refractivity contribution < 1.29 is 23.6 Å². The summed E-state index contributed by atoms with van der Waals surface area (Å²) >= 11 is 5.72. The average Bonchev–Trinajstić information content (AvgIpc) is 2.73. The monoisotopic (exact) mass is 355 g/mol. The Morgan fingerprint density at radius 1 is 1.21 bits per heavy atom. The maximum Gasteiger partial charge on any atom is 0.334 e. The van der Waals surface area contributed by atoms with E-state index >= 15 is 0 Å². The van der Waals surface area contributed by atoms with Gasteiger partial charge in [-0.15, -0.1) is 0 Å². The van der Waals surface area contributed by atoms with Gasteiger partial charge in [0.25, 0.3) is 0 Å². The molecule has 1 aliphatic heterocycles. The number of nitrogens with zero attached hydrogens (tertiary/aromatic N) is 2. The highest BCUT2D eigenvalue weighted by Gasteiger charge is 2.44. The van der Waals surface area contributed by atoms with Gasteiger partial charge in [-0.05, 0) is 24.6 Å². The van der Waals surface area contributed by atoms with E-state index in [-0.39, 0.29) is 17.3 Å². The van der Waals surface area contributed by atoms with Gasteiger partial charge in [0.2, 0.25) is 5.91 Å². The van der Waals surface area contributed by atoms with Crippen LogP contribution in [0, 0.1) is 5.82 Å². The van der Waals surface area contributed by atoms with Gasteiger partial charge in [0.1, 0.15) is 12.4 Å². The standard InChI is InChI=1S/C15H15ClFN3O4/c1-2-3-6-19-13(22)14(23)20(15(19)24)8-12(21)18-11-7-9(16)4-5-10(11)17/h4-5,7H,2-3,6,8H2,1H3,(H,18,21). The molecule has 0 saturated carbocycles. The van der Waals surface area contributed by atoms with E-state index in [9.17, 15) is 23.6 Å². The third kappa shape index (κ3) is 3.70. The number of carbonyl (C=O) groups is 4. The lowest BCUT2D eigenvalue weighted by Crippen LogP contribution is -2.39. The minimum Gasteiger partial charge on any atom is -0.322 e. The number of nitrogens with one attached hydrogen (secondary N) is 1. The zero-order valence-corrected chi connectivity index (χ0v) is 13.6. The van der Waals surface area contributed by atoms with Crippen LogP contribution in [0.3, 0.4) is 0 Å². The molecule has 1 saturated heterocycles. The van der Waals surface area contributed by atoms with Crippen LogP contribution < -0.4 is 5.32 Å². The van der Waals surface area contributed by atoms with E-state index in [0.717, 1.165) is 17.4 Å². The maximum atomic E-state index is 13.6. The molecule has 7 nitrogen and oxygen atoms in total. The van der Waals surface area contributed by atoms with Crippen LogP contribution in [0.15, 0.2) is 18.2 Å². The van der Waals surface area contributed by atoms with Crippen molar-refractivity contribution in [3.05, 3.63) is 29.0 Å². The molecule has 9 heteroatoms. The molecule has 1 fully saturated rings. The van der Waals surface area contributed by atoms with Crippen molar-refractivity contribution in [2.24, 2.45) is 0 Å². The maximum absolute atomic E-state index is 13.6. The molecule has 128 valence electrons. The predicted molar refractivity (Wildman–Crippen MR) is 83.8 cm³/mol. The SMILES string of the molecule is CCCCN1C(=O)C(=O)N(CC(=O)Nc2cc(Cl)ccc2F)C1=O. The summed E-state index contributed by atoms with van der Waals surface area (Å²) < 4.78 is 13.6. The number of urea groups is 1. The van der Waals surface area contributed by atoms with Crippen LogP contribution in [0.2, 0.25) is 5.02 Å². The van der Waals surface area contributed by atoms with Gasteiger partial charge in [-0.25, -0.2) is 14.1 Å². The van der Waals surface area contributed by atoms with Crippen molar-refractivity contribution in [3.63, 3.8) is 0 Å². The van der Waals surface area contributed by atoms with Gasteiger partial charge in [0, 0.05) is 11.6 Å². The smallest absolute Gasteiger partial charge is 0.322 e. The molecule has 0 radical (unpaired) electrons. The van der Waals surface area contributed by atoms with E-state index in [0.29, 0.717) is 11.3 Å². The molecule has 1 aliphatic rings. The quantitative estimate of drug-likeness (QED) is 0.624. The lowest BCUT2D eigenvalue weighted by atomic mass is 10.3. The molecular weight excluding hydrogens is 341 g/mol. The number of hydrogen-bond acceptors (Lipinski definition) is 4. The first-order valence-corrected chi connectivity index (χ1v) is 7.65. The van der Waals surface area contributed by atoms with Gasteiger partial charge in [-0.2, -0.15) is 0 Å². The normalized spacial score (nSPS) is 14.5. The van der Waals surface area contributed by atoms with Crippen molar-refractivity contribution in [1.82, 2.24) is 9.80 Å². The number of rotatable bonds is 6. The summed E-state index contributed by atoms with van der Waals surface area (Å²) in [6.07, 6.45) is 1.29. The fourth-order valence-electron chi connectivity index (χ4n) is 2.13. The zero-order valence-electron chi connectivity index (χ0n) is 12.8. The lowest BCUT2D eigenvalue weighted by molar-refractivity contribution is -0.143. The minimum atomic E-state index is -1.07. The Bertz CT molecular complexity index is 710. The molecule has 0 bridgehead atoms. The van der Waals surface area contributed by atoms with Crippen LogP contribution in [0.4, 0.5) is 14.9 Å². The summed E-state index contributed by atoms with van der Waals surface area (Å²) in [4.78, 5) is 49.0. The van der Waals surface area contributed by atoms with Crippen LogP contribution in [0.1, 0.15) is 19.8 Å². The first-order valence-electron chi connectivity index (χ1n) is 7.27. The van der Waals surface area contributed by atoms with Gasteiger partial charge < -0.3 is 5.32 Å². The molecule has 1 N–H and O–H groups in total. The van der Waals surface area contributed by atoms with Gasteiger partial charge in [0.15, 0.2) is 0 Å². The second-order valence-electron chi connectivity index (χ2n) is 5.16. The Labute approximate surface area is 142 Å². The number of halogens is 2. The van der Waals surface area contributed by atoms with Crippen molar-refractivity contribution in [3.8, 4) is 0 Å². The fraction of sp³-hybridized carbons (Fsp3) is 0.333. The van der Waals surface area contributed by atoms with E-state index < -0.39 is 36.1 Å². The minimum absolute atomic E-state index is 0.112.